The smallest absolute Gasteiger partial charge is 0.323 e. The van der Waals surface area contributed by atoms with Crippen LogP contribution in [0.3, 0.4) is 0 Å². The van der Waals surface area contributed by atoms with E-state index in [1.54, 1.807) is 0 Å². The van der Waals surface area contributed by atoms with Crippen LogP contribution in [-0.4, -0.2) is 17.8 Å². The second kappa shape index (κ2) is 17.2. The summed E-state index contributed by atoms with van der Waals surface area (Å²) in [4.78, 5) is 13.0. The SMILES string of the molecule is CC(C)[C@H](NCc1ccc(-c2ccccc2/C(=N/N=N)NC(c2ccccc2)(c2ccccc2)c2ccccc2)cc1)C(=O)OCc1ccccc1. The van der Waals surface area contributed by atoms with Crippen molar-refractivity contribution in [3.8, 4) is 11.1 Å². The molecule has 0 saturated carbocycles. The molecule has 7 nitrogen and oxygen atoms in total. The van der Waals surface area contributed by atoms with Crippen LogP contribution >= 0.6 is 0 Å². The van der Waals surface area contributed by atoms with Gasteiger partial charge in [-0.3, -0.25) is 4.79 Å². The molecule has 0 aliphatic rings. The Morgan fingerprint density at radius 2 is 1.15 bits per heavy atom. The number of carbonyl (C=O) groups excluding carboxylic acids is 1. The second-order valence-electron chi connectivity index (χ2n) is 13.0. The van der Waals surface area contributed by atoms with E-state index in [4.69, 9.17) is 10.3 Å². The van der Waals surface area contributed by atoms with Crippen molar-refractivity contribution >= 4 is 11.8 Å². The molecule has 0 aromatic heterocycles. The lowest BCUT2D eigenvalue weighted by atomic mass is 9.76. The lowest BCUT2D eigenvalue weighted by Gasteiger charge is -2.38. The number of esters is 1. The molecule has 0 saturated heterocycles. The van der Waals surface area contributed by atoms with Gasteiger partial charge in [0.1, 0.15) is 18.2 Å². The summed E-state index contributed by atoms with van der Waals surface area (Å²) in [7, 11) is 0. The van der Waals surface area contributed by atoms with Gasteiger partial charge in [0.05, 0.1) is 0 Å². The molecule has 0 fully saturated rings. The molecule has 52 heavy (non-hydrogen) atoms. The van der Waals surface area contributed by atoms with Crippen LogP contribution in [0.4, 0.5) is 0 Å². The first-order valence-electron chi connectivity index (χ1n) is 17.5. The molecule has 3 N–H and O–H groups in total. The number of benzene rings is 6. The molecule has 0 radical (unpaired) electrons. The number of ether oxygens (including phenoxy) is 1. The van der Waals surface area contributed by atoms with Crippen LogP contribution in [0.5, 0.6) is 0 Å². The third-order valence-corrected chi connectivity index (χ3v) is 9.19. The average Bonchev–Trinajstić information content (AvgIpc) is 3.20. The highest BCUT2D eigenvalue weighted by atomic mass is 16.5. The molecule has 0 heterocycles. The lowest BCUT2D eigenvalue weighted by molar-refractivity contribution is -0.148. The van der Waals surface area contributed by atoms with Crippen molar-refractivity contribution in [3.05, 3.63) is 203 Å². The number of nitrogens with one attached hydrogen (secondary N) is 3. The van der Waals surface area contributed by atoms with Crippen molar-refractivity contribution < 1.29 is 9.53 Å². The molecule has 1 atom stereocenters. The Hall–Kier alpha value is -6.18. The van der Waals surface area contributed by atoms with Gasteiger partial charge in [0.15, 0.2) is 5.84 Å². The van der Waals surface area contributed by atoms with Gasteiger partial charge in [-0.1, -0.05) is 189 Å². The van der Waals surface area contributed by atoms with E-state index < -0.39 is 11.6 Å². The van der Waals surface area contributed by atoms with Crippen LogP contribution in [0.25, 0.3) is 11.1 Å². The van der Waals surface area contributed by atoms with Crippen LogP contribution in [0, 0.1) is 11.4 Å². The highest BCUT2D eigenvalue weighted by Crippen LogP contribution is 2.38. The predicted octanol–water partition coefficient (Wildman–Crippen LogP) is 9.49. The van der Waals surface area contributed by atoms with E-state index in [0.717, 1.165) is 44.5 Å². The molecule has 0 aliphatic carbocycles. The molecule has 0 aliphatic heterocycles. The number of carbonyl (C=O) groups is 1. The van der Waals surface area contributed by atoms with E-state index in [0.29, 0.717) is 12.4 Å². The first-order chi connectivity index (χ1) is 25.5. The Morgan fingerprint density at radius 1 is 0.654 bits per heavy atom. The van der Waals surface area contributed by atoms with E-state index in [9.17, 15) is 4.79 Å². The van der Waals surface area contributed by atoms with E-state index in [2.05, 4.69) is 87.7 Å². The van der Waals surface area contributed by atoms with Gasteiger partial charge in [0.2, 0.25) is 0 Å². The van der Waals surface area contributed by atoms with Gasteiger partial charge in [-0.2, -0.15) is 5.53 Å². The molecule has 6 rings (SSSR count). The van der Waals surface area contributed by atoms with E-state index in [1.165, 1.54) is 0 Å². The van der Waals surface area contributed by atoms with Crippen LogP contribution in [0.2, 0.25) is 0 Å². The summed E-state index contributed by atoms with van der Waals surface area (Å²) in [5.41, 5.74) is 14.8. The molecule has 6 aromatic rings. The van der Waals surface area contributed by atoms with Gasteiger partial charge in [-0.05, 0) is 44.9 Å². The highest BCUT2D eigenvalue weighted by molar-refractivity contribution is 6.05. The standard InChI is InChI=1S/C45H43N5O2/c1-33(2)42(44(51)52-32-35-17-7-3-8-18-35)47-31-34-27-29-36(30-28-34)40-25-15-16-26-41(40)43(49-50-46)48-45(37-19-9-4-10-20-37,38-21-11-5-12-22-38)39-23-13-6-14-24-39/h3-30,33,42,47H,31-32H2,1-2H3,(H2,46,48,49)/t42-/m0/s1. The fourth-order valence-corrected chi connectivity index (χ4v) is 6.54. The van der Waals surface area contributed by atoms with Gasteiger partial charge < -0.3 is 15.4 Å². The molecular weight excluding hydrogens is 643 g/mol. The zero-order valence-corrected chi connectivity index (χ0v) is 29.4. The van der Waals surface area contributed by atoms with Gasteiger partial charge in [0, 0.05) is 12.1 Å². The largest absolute Gasteiger partial charge is 0.460 e. The normalized spacial score (nSPS) is 12.2. The number of hydrogen-bond donors (Lipinski definition) is 3. The summed E-state index contributed by atoms with van der Waals surface area (Å²) in [6.07, 6.45) is 0. The maximum Gasteiger partial charge on any atom is 0.323 e. The average molecular weight is 686 g/mol. The van der Waals surface area contributed by atoms with E-state index in [1.807, 2.05) is 117 Å². The molecule has 260 valence electrons. The summed E-state index contributed by atoms with van der Waals surface area (Å²) >= 11 is 0. The summed E-state index contributed by atoms with van der Waals surface area (Å²) in [5, 5.41) is 15.2. The third kappa shape index (κ3) is 8.23. The third-order valence-electron chi connectivity index (χ3n) is 9.19. The van der Waals surface area contributed by atoms with Crippen LogP contribution < -0.4 is 10.6 Å². The molecular formula is C45H43N5O2. The van der Waals surface area contributed by atoms with Crippen molar-refractivity contribution in [1.82, 2.24) is 10.6 Å². The Balaban J connectivity index is 1.29. The molecule has 0 amide bonds. The summed E-state index contributed by atoms with van der Waals surface area (Å²) < 4.78 is 5.65. The Kier molecular flexibility index (Phi) is 11.8. The number of amidine groups is 1. The lowest BCUT2D eigenvalue weighted by Crippen LogP contribution is -2.48. The molecule has 0 unspecified atom stereocenters. The Morgan fingerprint density at radius 3 is 1.67 bits per heavy atom. The summed E-state index contributed by atoms with van der Waals surface area (Å²) in [5.74, 6) is 0.250. The number of nitrogens with zero attached hydrogens (tertiary/aromatic N) is 2. The molecule has 6 aromatic carbocycles. The quantitative estimate of drug-likeness (QED) is 0.0266. The Labute approximate surface area is 305 Å². The first-order valence-corrected chi connectivity index (χ1v) is 17.5. The number of hydrogen-bond acceptors (Lipinski definition) is 5. The maximum atomic E-state index is 13.0. The maximum absolute atomic E-state index is 13.0. The zero-order valence-electron chi connectivity index (χ0n) is 29.4. The van der Waals surface area contributed by atoms with Crippen LogP contribution in [0.15, 0.2) is 180 Å². The van der Waals surface area contributed by atoms with E-state index in [-0.39, 0.29) is 18.5 Å². The summed E-state index contributed by atoms with van der Waals surface area (Å²) in [6, 6.07) is 56.4. The first kappa shape index (κ1) is 35.6. The van der Waals surface area contributed by atoms with Crippen molar-refractivity contribution in [3.63, 3.8) is 0 Å². The van der Waals surface area contributed by atoms with Crippen LogP contribution in [0.1, 0.15) is 47.2 Å². The van der Waals surface area contributed by atoms with Crippen molar-refractivity contribution in [2.24, 2.45) is 16.2 Å². The minimum atomic E-state index is -0.856. The Bertz CT molecular complexity index is 1970. The van der Waals surface area contributed by atoms with Crippen molar-refractivity contribution in [2.75, 3.05) is 0 Å². The van der Waals surface area contributed by atoms with E-state index >= 15 is 0 Å². The monoisotopic (exact) mass is 685 g/mol. The van der Waals surface area contributed by atoms with Gasteiger partial charge >= 0.3 is 5.97 Å². The van der Waals surface area contributed by atoms with Crippen molar-refractivity contribution in [1.29, 1.82) is 5.53 Å². The summed E-state index contributed by atoms with van der Waals surface area (Å²) in [6.45, 7) is 4.78. The van der Waals surface area contributed by atoms with Crippen molar-refractivity contribution in [2.45, 2.75) is 38.6 Å². The fourth-order valence-electron chi connectivity index (χ4n) is 6.54. The topological polar surface area (TPSA) is 98.9 Å². The second-order valence-corrected chi connectivity index (χ2v) is 13.0. The molecule has 7 heteroatoms. The molecule has 0 bridgehead atoms. The highest BCUT2D eigenvalue weighted by Gasteiger charge is 2.38. The number of rotatable bonds is 14. The zero-order chi connectivity index (χ0) is 36.2. The van der Waals surface area contributed by atoms with Gasteiger partial charge in [-0.25, -0.2) is 0 Å². The minimum absolute atomic E-state index is 0.0526. The van der Waals surface area contributed by atoms with Gasteiger partial charge in [-0.15, -0.1) is 5.10 Å². The molecule has 0 spiro atoms. The minimum Gasteiger partial charge on any atom is -0.460 e. The fraction of sp³-hybridized carbons (Fsp3) is 0.156. The van der Waals surface area contributed by atoms with Crippen LogP contribution in [-0.2, 0) is 28.2 Å². The van der Waals surface area contributed by atoms with Gasteiger partial charge in [0.25, 0.3) is 0 Å². The predicted molar refractivity (Wildman–Crippen MR) is 208 cm³/mol.